The summed E-state index contributed by atoms with van der Waals surface area (Å²) in [6, 6.07) is 0. The standard InChI is InChI=1S/C7H12O3.C7H12O2/c1-5(4-8)3-6(2)7(9)10;1-5(2)7(8)9-6(3)4/h3,5,8H,4H2,1-2H3,(H,9,10);6H,1H2,2-4H3. The summed E-state index contributed by atoms with van der Waals surface area (Å²) in [7, 11) is 0. The fraction of sp³-hybridized carbons (Fsp3) is 0.571. The van der Waals surface area contributed by atoms with E-state index in [0.717, 1.165) is 0 Å². The molecule has 110 valence electrons. The first kappa shape index (κ1) is 19.7. The summed E-state index contributed by atoms with van der Waals surface area (Å²) in [5.41, 5.74) is 0.727. The molecule has 0 fully saturated rings. The zero-order chi connectivity index (χ0) is 15.6. The Morgan fingerprint density at radius 3 is 1.95 bits per heavy atom. The predicted molar refractivity (Wildman–Crippen MR) is 73.7 cm³/mol. The van der Waals surface area contributed by atoms with Crippen LogP contribution < -0.4 is 0 Å². The van der Waals surface area contributed by atoms with Gasteiger partial charge in [0.05, 0.1) is 6.10 Å². The van der Waals surface area contributed by atoms with Crippen molar-refractivity contribution in [2.45, 2.75) is 40.7 Å². The highest BCUT2D eigenvalue weighted by atomic mass is 16.5. The van der Waals surface area contributed by atoms with Gasteiger partial charge in [0, 0.05) is 17.8 Å². The van der Waals surface area contributed by atoms with Crippen molar-refractivity contribution in [3.05, 3.63) is 23.8 Å². The van der Waals surface area contributed by atoms with E-state index < -0.39 is 5.97 Å². The molecular formula is C14H24O5. The molecule has 1 atom stereocenters. The molecule has 5 heteroatoms. The average Bonchev–Trinajstić information content (AvgIpc) is 2.28. The average molecular weight is 272 g/mol. The van der Waals surface area contributed by atoms with Crippen LogP contribution in [0, 0.1) is 5.92 Å². The summed E-state index contributed by atoms with van der Waals surface area (Å²) >= 11 is 0. The molecule has 0 aromatic rings. The van der Waals surface area contributed by atoms with Gasteiger partial charge >= 0.3 is 11.9 Å². The minimum absolute atomic E-state index is 0.00931. The van der Waals surface area contributed by atoms with Crippen LogP contribution in [0.2, 0.25) is 0 Å². The van der Waals surface area contributed by atoms with Gasteiger partial charge < -0.3 is 14.9 Å². The number of aliphatic hydroxyl groups is 1. The van der Waals surface area contributed by atoms with E-state index in [0.29, 0.717) is 5.57 Å². The number of ether oxygens (including phenoxy) is 1. The summed E-state index contributed by atoms with van der Waals surface area (Å²) in [5, 5.41) is 16.9. The molecule has 0 radical (unpaired) electrons. The van der Waals surface area contributed by atoms with Gasteiger partial charge in [-0.15, -0.1) is 0 Å². The Balaban J connectivity index is 0. The molecule has 0 rings (SSSR count). The first-order valence-corrected chi connectivity index (χ1v) is 6.00. The molecule has 0 amide bonds. The van der Waals surface area contributed by atoms with Crippen molar-refractivity contribution in [2.24, 2.45) is 5.92 Å². The zero-order valence-electron chi connectivity index (χ0n) is 12.3. The Hall–Kier alpha value is -1.62. The molecule has 5 nitrogen and oxygen atoms in total. The third-order valence-electron chi connectivity index (χ3n) is 1.85. The molecule has 0 aromatic heterocycles. The molecule has 0 aliphatic rings. The largest absolute Gasteiger partial charge is 0.478 e. The van der Waals surface area contributed by atoms with Crippen LogP contribution in [0.1, 0.15) is 34.6 Å². The van der Waals surface area contributed by atoms with Crippen LogP contribution in [0.3, 0.4) is 0 Å². The van der Waals surface area contributed by atoms with Gasteiger partial charge in [-0.05, 0) is 33.6 Å². The quantitative estimate of drug-likeness (QED) is 0.592. The van der Waals surface area contributed by atoms with Gasteiger partial charge in [-0.1, -0.05) is 19.6 Å². The lowest BCUT2D eigenvalue weighted by molar-refractivity contribution is -0.142. The van der Waals surface area contributed by atoms with Crippen molar-refractivity contribution < 1.29 is 24.5 Å². The number of hydrogen-bond acceptors (Lipinski definition) is 4. The highest BCUT2D eigenvalue weighted by Gasteiger charge is 2.03. The first-order valence-electron chi connectivity index (χ1n) is 6.00. The van der Waals surface area contributed by atoms with Crippen LogP contribution in [-0.2, 0) is 14.3 Å². The number of esters is 1. The smallest absolute Gasteiger partial charge is 0.333 e. The van der Waals surface area contributed by atoms with E-state index in [-0.39, 0.29) is 30.2 Å². The predicted octanol–water partition coefficient (Wildman–Crippen LogP) is 2.16. The van der Waals surface area contributed by atoms with E-state index in [4.69, 9.17) is 14.9 Å². The number of rotatable bonds is 5. The number of carbonyl (C=O) groups excluding carboxylic acids is 1. The summed E-state index contributed by atoms with van der Waals surface area (Å²) < 4.78 is 4.77. The Morgan fingerprint density at radius 2 is 1.74 bits per heavy atom. The zero-order valence-corrected chi connectivity index (χ0v) is 12.3. The molecule has 19 heavy (non-hydrogen) atoms. The maximum atomic E-state index is 10.6. The Morgan fingerprint density at radius 1 is 1.26 bits per heavy atom. The van der Waals surface area contributed by atoms with Gasteiger partial charge in [0.1, 0.15) is 0 Å². The van der Waals surface area contributed by atoms with Gasteiger partial charge in [0.2, 0.25) is 0 Å². The maximum Gasteiger partial charge on any atom is 0.333 e. The lowest BCUT2D eigenvalue weighted by Crippen LogP contribution is -2.11. The Kier molecular flexibility index (Phi) is 10.7. The van der Waals surface area contributed by atoms with Crippen molar-refractivity contribution in [3.8, 4) is 0 Å². The van der Waals surface area contributed by atoms with Crippen molar-refractivity contribution in [1.29, 1.82) is 0 Å². The van der Waals surface area contributed by atoms with Gasteiger partial charge in [-0.2, -0.15) is 0 Å². The van der Waals surface area contributed by atoms with Crippen LogP contribution in [0.15, 0.2) is 23.8 Å². The van der Waals surface area contributed by atoms with Crippen molar-refractivity contribution in [2.75, 3.05) is 6.61 Å². The summed E-state index contributed by atoms with van der Waals surface area (Å²) in [6.45, 7) is 11.9. The van der Waals surface area contributed by atoms with Crippen LogP contribution in [0.4, 0.5) is 0 Å². The number of carboxylic acid groups (broad SMARTS) is 1. The monoisotopic (exact) mass is 272 g/mol. The lowest BCUT2D eigenvalue weighted by Gasteiger charge is -2.05. The normalized spacial score (nSPS) is 12.3. The summed E-state index contributed by atoms with van der Waals surface area (Å²) in [5.74, 6) is -1.32. The molecule has 0 aliphatic heterocycles. The van der Waals surface area contributed by atoms with E-state index >= 15 is 0 Å². The highest BCUT2D eigenvalue weighted by Crippen LogP contribution is 2.01. The molecule has 0 saturated carbocycles. The molecular weight excluding hydrogens is 248 g/mol. The molecule has 0 aromatic carbocycles. The molecule has 0 spiro atoms. The number of hydrogen-bond donors (Lipinski definition) is 2. The molecule has 0 bridgehead atoms. The second kappa shape index (κ2) is 10.3. The van der Waals surface area contributed by atoms with E-state index in [9.17, 15) is 9.59 Å². The van der Waals surface area contributed by atoms with Crippen molar-refractivity contribution in [1.82, 2.24) is 0 Å². The van der Waals surface area contributed by atoms with Crippen LogP contribution in [0.25, 0.3) is 0 Å². The molecule has 1 unspecified atom stereocenters. The summed E-state index contributed by atoms with van der Waals surface area (Å²) in [6.07, 6.45) is 1.48. The van der Waals surface area contributed by atoms with Gasteiger partial charge in [0.15, 0.2) is 0 Å². The van der Waals surface area contributed by atoms with Crippen LogP contribution in [-0.4, -0.2) is 34.9 Å². The molecule has 2 N–H and O–H groups in total. The van der Waals surface area contributed by atoms with Crippen LogP contribution in [0.5, 0.6) is 0 Å². The minimum atomic E-state index is -0.930. The lowest BCUT2D eigenvalue weighted by atomic mass is 10.1. The number of aliphatic carboxylic acids is 1. The fourth-order valence-corrected chi connectivity index (χ4v) is 0.865. The van der Waals surface area contributed by atoms with Gasteiger partial charge in [0.25, 0.3) is 0 Å². The van der Waals surface area contributed by atoms with Crippen LogP contribution >= 0.6 is 0 Å². The second-order valence-corrected chi connectivity index (χ2v) is 4.55. The van der Waals surface area contributed by atoms with E-state index in [1.54, 1.807) is 27.7 Å². The SMILES string of the molecule is C=C(C)C(=O)OC(C)C.CC(=CC(C)CO)C(=O)O. The first-order chi connectivity index (χ1) is 8.61. The maximum absolute atomic E-state index is 10.6. The number of carbonyl (C=O) groups is 2. The van der Waals surface area contributed by atoms with Gasteiger partial charge in [-0.25, -0.2) is 9.59 Å². The Labute approximate surface area is 114 Å². The second-order valence-electron chi connectivity index (χ2n) is 4.55. The van der Waals surface area contributed by atoms with E-state index in [1.807, 2.05) is 0 Å². The third-order valence-corrected chi connectivity index (χ3v) is 1.85. The highest BCUT2D eigenvalue weighted by molar-refractivity contribution is 5.87. The fourth-order valence-electron chi connectivity index (χ4n) is 0.865. The van der Waals surface area contributed by atoms with Gasteiger partial charge in [-0.3, -0.25) is 0 Å². The third kappa shape index (κ3) is 12.6. The van der Waals surface area contributed by atoms with E-state index in [1.165, 1.54) is 13.0 Å². The summed E-state index contributed by atoms with van der Waals surface area (Å²) in [4.78, 5) is 20.8. The van der Waals surface area contributed by atoms with Crippen molar-refractivity contribution >= 4 is 11.9 Å². The number of carboxylic acids is 1. The topological polar surface area (TPSA) is 83.8 Å². The molecule has 0 saturated heterocycles. The molecule has 0 aliphatic carbocycles. The molecule has 0 heterocycles. The Bertz CT molecular complexity index is 342. The van der Waals surface area contributed by atoms with E-state index in [2.05, 4.69) is 6.58 Å². The minimum Gasteiger partial charge on any atom is -0.478 e. The number of aliphatic hydroxyl groups excluding tert-OH is 1. The van der Waals surface area contributed by atoms with Crippen molar-refractivity contribution in [3.63, 3.8) is 0 Å².